The van der Waals surface area contributed by atoms with E-state index >= 15 is 0 Å². The minimum absolute atomic E-state index is 0.169. The number of carbonyl (C=O) groups is 1. The van der Waals surface area contributed by atoms with E-state index in [4.69, 9.17) is 10.5 Å². The molecule has 18 heavy (non-hydrogen) atoms. The first-order valence-electron chi connectivity index (χ1n) is 6.01. The molecule has 0 saturated carbocycles. The van der Waals surface area contributed by atoms with Crippen LogP contribution in [0.5, 0.6) is 0 Å². The first-order chi connectivity index (χ1) is 8.55. The van der Waals surface area contributed by atoms with E-state index in [2.05, 4.69) is 21.2 Å². The number of halogens is 1. The molecular formula is C13H17BrN2O2. The highest BCUT2D eigenvalue weighted by molar-refractivity contribution is 9.10. The van der Waals surface area contributed by atoms with Gasteiger partial charge in [-0.05, 0) is 36.6 Å². The number of nitrogens with two attached hydrogens (primary N) is 1. The Hall–Kier alpha value is -0.910. The minimum Gasteiger partial charge on any atom is -0.379 e. The van der Waals surface area contributed by atoms with Crippen LogP contribution >= 0.6 is 15.9 Å². The molecule has 1 aliphatic heterocycles. The summed E-state index contributed by atoms with van der Waals surface area (Å²) in [4.78, 5) is 12.2. The van der Waals surface area contributed by atoms with Gasteiger partial charge in [-0.2, -0.15) is 0 Å². The smallest absolute Gasteiger partial charge is 0.246 e. The Bertz CT molecular complexity index is 456. The minimum atomic E-state index is -0.891. The molecule has 1 amide bonds. The van der Waals surface area contributed by atoms with E-state index in [0.717, 1.165) is 22.1 Å². The number of ether oxygens (including phenoxy) is 1. The van der Waals surface area contributed by atoms with Crippen LogP contribution in [0.2, 0.25) is 0 Å². The Balaban J connectivity index is 2.16. The van der Waals surface area contributed by atoms with Crippen molar-refractivity contribution < 1.29 is 9.53 Å². The van der Waals surface area contributed by atoms with Gasteiger partial charge in [0, 0.05) is 16.8 Å². The lowest BCUT2D eigenvalue weighted by atomic mass is 9.98. The van der Waals surface area contributed by atoms with E-state index in [1.165, 1.54) is 0 Å². The van der Waals surface area contributed by atoms with Gasteiger partial charge in [0.15, 0.2) is 0 Å². The predicted molar refractivity (Wildman–Crippen MR) is 74.5 cm³/mol. The summed E-state index contributed by atoms with van der Waals surface area (Å²) in [5.41, 5.74) is 7.04. The summed E-state index contributed by atoms with van der Waals surface area (Å²) >= 11 is 3.42. The largest absolute Gasteiger partial charge is 0.379 e. The van der Waals surface area contributed by atoms with E-state index < -0.39 is 5.54 Å². The quantitative estimate of drug-likeness (QED) is 0.898. The van der Waals surface area contributed by atoms with Crippen molar-refractivity contribution in [1.29, 1.82) is 0 Å². The monoisotopic (exact) mass is 312 g/mol. The van der Waals surface area contributed by atoms with Crippen LogP contribution in [-0.2, 0) is 16.0 Å². The molecular weight excluding hydrogens is 296 g/mol. The van der Waals surface area contributed by atoms with Crippen LogP contribution in [0.3, 0.4) is 0 Å². The Morgan fingerprint density at radius 2 is 2.39 bits per heavy atom. The fourth-order valence-corrected chi connectivity index (χ4v) is 2.39. The van der Waals surface area contributed by atoms with E-state index in [1.54, 1.807) is 0 Å². The summed E-state index contributed by atoms with van der Waals surface area (Å²) in [5.74, 6) is -0.169. The average Bonchev–Trinajstić information content (AvgIpc) is 2.79. The molecule has 1 fully saturated rings. The van der Waals surface area contributed by atoms with Gasteiger partial charge >= 0.3 is 0 Å². The molecule has 0 bridgehead atoms. The van der Waals surface area contributed by atoms with Gasteiger partial charge in [-0.3, -0.25) is 4.79 Å². The standard InChI is InChI=1S/C13H17BrN2O2/c1-2-9-7-10(14)3-4-11(9)16-12(17)13(15)5-6-18-8-13/h3-4,7H,2,5-6,8,15H2,1H3,(H,16,17). The van der Waals surface area contributed by atoms with Gasteiger partial charge in [0.25, 0.3) is 0 Å². The Labute approximate surface area is 115 Å². The molecule has 1 aliphatic rings. The van der Waals surface area contributed by atoms with Crippen molar-refractivity contribution in [1.82, 2.24) is 0 Å². The van der Waals surface area contributed by atoms with Crippen LogP contribution in [0.1, 0.15) is 18.9 Å². The first-order valence-corrected chi connectivity index (χ1v) is 6.81. The Morgan fingerprint density at radius 1 is 1.61 bits per heavy atom. The van der Waals surface area contributed by atoms with Crippen LogP contribution < -0.4 is 11.1 Å². The number of carbonyl (C=O) groups excluding carboxylic acids is 1. The lowest BCUT2D eigenvalue weighted by Crippen LogP contribution is -2.51. The Kier molecular flexibility index (Phi) is 4.04. The van der Waals surface area contributed by atoms with Gasteiger partial charge in [0.2, 0.25) is 5.91 Å². The molecule has 2 rings (SSSR count). The number of aryl methyl sites for hydroxylation is 1. The molecule has 0 aromatic heterocycles. The fraction of sp³-hybridized carbons (Fsp3) is 0.462. The third kappa shape index (κ3) is 2.74. The maximum atomic E-state index is 12.2. The zero-order valence-corrected chi connectivity index (χ0v) is 11.9. The summed E-state index contributed by atoms with van der Waals surface area (Å²) in [6.45, 7) is 2.88. The lowest BCUT2D eigenvalue weighted by Gasteiger charge is -2.21. The second-order valence-corrected chi connectivity index (χ2v) is 5.48. The molecule has 1 unspecified atom stereocenters. The first kappa shape index (κ1) is 13.5. The van der Waals surface area contributed by atoms with E-state index in [0.29, 0.717) is 13.0 Å². The highest BCUT2D eigenvalue weighted by Gasteiger charge is 2.38. The molecule has 0 aliphatic carbocycles. The van der Waals surface area contributed by atoms with E-state index in [1.807, 2.05) is 25.1 Å². The number of benzene rings is 1. The second kappa shape index (κ2) is 5.38. The average molecular weight is 313 g/mol. The Morgan fingerprint density at radius 3 is 3.00 bits per heavy atom. The van der Waals surface area contributed by atoms with Crippen molar-refractivity contribution in [2.45, 2.75) is 25.3 Å². The topological polar surface area (TPSA) is 64.4 Å². The number of anilines is 1. The number of nitrogens with one attached hydrogen (secondary N) is 1. The van der Waals surface area contributed by atoms with Crippen molar-refractivity contribution in [2.24, 2.45) is 5.73 Å². The number of hydrogen-bond acceptors (Lipinski definition) is 3. The van der Waals surface area contributed by atoms with Crippen LogP contribution in [0.4, 0.5) is 5.69 Å². The molecule has 0 spiro atoms. The molecule has 1 aromatic carbocycles. The summed E-state index contributed by atoms with van der Waals surface area (Å²) in [6, 6.07) is 5.80. The predicted octanol–water partition coefficient (Wildman–Crippen LogP) is 2.07. The highest BCUT2D eigenvalue weighted by atomic mass is 79.9. The fourth-order valence-electron chi connectivity index (χ4n) is 1.98. The molecule has 3 N–H and O–H groups in total. The van der Waals surface area contributed by atoms with E-state index in [9.17, 15) is 4.79 Å². The van der Waals surface area contributed by atoms with Gasteiger partial charge in [0.1, 0.15) is 5.54 Å². The molecule has 1 heterocycles. The van der Waals surface area contributed by atoms with Crippen molar-refractivity contribution in [2.75, 3.05) is 18.5 Å². The molecule has 1 atom stereocenters. The number of rotatable bonds is 3. The third-order valence-corrected chi connectivity index (χ3v) is 3.69. The van der Waals surface area contributed by atoms with Crippen molar-refractivity contribution in [3.63, 3.8) is 0 Å². The number of amides is 1. The maximum Gasteiger partial charge on any atom is 0.246 e. The highest BCUT2D eigenvalue weighted by Crippen LogP contribution is 2.24. The SMILES string of the molecule is CCc1cc(Br)ccc1NC(=O)C1(N)CCOC1. The van der Waals surface area contributed by atoms with Crippen LogP contribution in [-0.4, -0.2) is 24.7 Å². The normalized spacial score (nSPS) is 23.1. The van der Waals surface area contributed by atoms with Gasteiger partial charge in [-0.15, -0.1) is 0 Å². The number of hydrogen-bond donors (Lipinski definition) is 2. The van der Waals surface area contributed by atoms with Gasteiger partial charge in [-0.25, -0.2) is 0 Å². The van der Waals surface area contributed by atoms with Crippen molar-refractivity contribution >= 4 is 27.5 Å². The molecule has 98 valence electrons. The summed E-state index contributed by atoms with van der Waals surface area (Å²) in [6.07, 6.45) is 1.42. The van der Waals surface area contributed by atoms with Crippen LogP contribution in [0.25, 0.3) is 0 Å². The van der Waals surface area contributed by atoms with Crippen LogP contribution in [0.15, 0.2) is 22.7 Å². The molecule has 0 radical (unpaired) electrons. The van der Waals surface area contributed by atoms with Crippen molar-refractivity contribution in [3.05, 3.63) is 28.2 Å². The second-order valence-electron chi connectivity index (χ2n) is 4.57. The summed E-state index contributed by atoms with van der Waals surface area (Å²) in [5, 5.41) is 2.91. The molecule has 4 nitrogen and oxygen atoms in total. The van der Waals surface area contributed by atoms with Crippen LogP contribution in [0, 0.1) is 0 Å². The molecule has 1 aromatic rings. The third-order valence-electron chi connectivity index (χ3n) is 3.20. The van der Waals surface area contributed by atoms with Gasteiger partial charge in [-0.1, -0.05) is 22.9 Å². The van der Waals surface area contributed by atoms with Crippen molar-refractivity contribution in [3.8, 4) is 0 Å². The summed E-state index contributed by atoms with van der Waals surface area (Å²) in [7, 11) is 0. The summed E-state index contributed by atoms with van der Waals surface area (Å²) < 4.78 is 6.20. The molecule has 1 saturated heterocycles. The lowest BCUT2D eigenvalue weighted by molar-refractivity contribution is -0.121. The van der Waals surface area contributed by atoms with Gasteiger partial charge < -0.3 is 15.8 Å². The van der Waals surface area contributed by atoms with E-state index in [-0.39, 0.29) is 12.5 Å². The van der Waals surface area contributed by atoms with Gasteiger partial charge in [0.05, 0.1) is 6.61 Å². The maximum absolute atomic E-state index is 12.2. The zero-order valence-electron chi connectivity index (χ0n) is 10.3. The zero-order chi connectivity index (χ0) is 13.2. The molecule has 5 heteroatoms.